The number of nitrogens with two attached hydrogens (primary N) is 1. The third-order valence-electron chi connectivity index (χ3n) is 2.91. The zero-order valence-corrected chi connectivity index (χ0v) is 11.1. The van der Waals surface area contributed by atoms with E-state index in [0.29, 0.717) is 0 Å². The van der Waals surface area contributed by atoms with Gasteiger partial charge in [-0.2, -0.15) is 0 Å². The second-order valence-electron chi connectivity index (χ2n) is 4.18. The van der Waals surface area contributed by atoms with Crippen molar-refractivity contribution in [2.75, 3.05) is 6.26 Å². The first kappa shape index (κ1) is 13.1. The fraction of sp³-hybridized carbons (Fsp3) is 0.200. The molecule has 0 fully saturated rings. The molecule has 0 radical (unpaired) electrons. The van der Waals surface area contributed by atoms with Crippen LogP contribution in [0.25, 0.3) is 0 Å². The van der Waals surface area contributed by atoms with Crippen LogP contribution in [0.15, 0.2) is 53.4 Å². The topological polar surface area (TPSA) is 26.0 Å². The van der Waals surface area contributed by atoms with Gasteiger partial charge in [0.05, 0.1) is 0 Å². The highest BCUT2D eigenvalue weighted by atomic mass is 32.2. The van der Waals surface area contributed by atoms with Crippen LogP contribution in [0, 0.1) is 5.82 Å². The molecule has 0 aliphatic carbocycles. The van der Waals surface area contributed by atoms with E-state index in [-0.39, 0.29) is 11.9 Å². The van der Waals surface area contributed by atoms with Gasteiger partial charge in [-0.3, -0.25) is 0 Å². The third kappa shape index (κ3) is 3.12. The van der Waals surface area contributed by atoms with E-state index >= 15 is 0 Å². The van der Waals surface area contributed by atoms with E-state index in [1.165, 1.54) is 17.0 Å². The molecular weight excluding hydrogens is 245 g/mol. The monoisotopic (exact) mass is 261 g/mol. The molecule has 0 saturated carbocycles. The molecule has 1 unspecified atom stereocenters. The van der Waals surface area contributed by atoms with Gasteiger partial charge in [0.25, 0.3) is 0 Å². The second-order valence-corrected chi connectivity index (χ2v) is 5.03. The summed E-state index contributed by atoms with van der Waals surface area (Å²) in [6.07, 6.45) is 2.77. The molecule has 0 amide bonds. The summed E-state index contributed by atoms with van der Waals surface area (Å²) >= 11 is 1.70. The Labute approximate surface area is 111 Å². The Morgan fingerprint density at radius 3 is 2.44 bits per heavy atom. The molecule has 1 atom stereocenters. The average Bonchev–Trinajstić information content (AvgIpc) is 2.41. The van der Waals surface area contributed by atoms with Crippen molar-refractivity contribution < 1.29 is 4.39 Å². The Morgan fingerprint density at radius 2 is 1.78 bits per heavy atom. The summed E-state index contributed by atoms with van der Waals surface area (Å²) in [6.45, 7) is 0. The lowest BCUT2D eigenvalue weighted by Gasteiger charge is -2.15. The summed E-state index contributed by atoms with van der Waals surface area (Å²) in [5, 5.41) is 0. The Morgan fingerprint density at radius 1 is 1.11 bits per heavy atom. The molecule has 0 heterocycles. The molecule has 2 rings (SSSR count). The van der Waals surface area contributed by atoms with Gasteiger partial charge in [0.15, 0.2) is 0 Å². The number of hydrogen-bond donors (Lipinski definition) is 1. The lowest BCUT2D eigenvalue weighted by atomic mass is 10.00. The molecule has 94 valence electrons. The summed E-state index contributed by atoms with van der Waals surface area (Å²) in [6, 6.07) is 14.6. The van der Waals surface area contributed by atoms with Crippen LogP contribution >= 0.6 is 11.8 Å². The van der Waals surface area contributed by atoms with Crippen LogP contribution < -0.4 is 5.73 Å². The number of benzene rings is 2. The van der Waals surface area contributed by atoms with Crippen LogP contribution in [0.5, 0.6) is 0 Å². The third-order valence-corrected chi connectivity index (χ3v) is 3.72. The predicted molar refractivity (Wildman–Crippen MR) is 75.3 cm³/mol. The zero-order chi connectivity index (χ0) is 13.0. The van der Waals surface area contributed by atoms with E-state index in [1.807, 2.05) is 18.4 Å². The standard InChI is InChI=1S/C15H16FNS/c1-18-15-5-3-2-4-13(15)14(17)10-11-6-8-12(16)9-7-11/h2-9,14H,10,17H2,1H3. The van der Waals surface area contributed by atoms with Gasteiger partial charge in [-0.1, -0.05) is 30.3 Å². The summed E-state index contributed by atoms with van der Waals surface area (Å²) < 4.78 is 12.8. The fourth-order valence-electron chi connectivity index (χ4n) is 1.96. The minimum absolute atomic E-state index is 0.0564. The van der Waals surface area contributed by atoms with Gasteiger partial charge in [-0.25, -0.2) is 4.39 Å². The summed E-state index contributed by atoms with van der Waals surface area (Å²) in [5.74, 6) is -0.211. The lowest BCUT2D eigenvalue weighted by Crippen LogP contribution is -2.14. The highest BCUT2D eigenvalue weighted by Crippen LogP contribution is 2.26. The van der Waals surface area contributed by atoms with Crippen LogP contribution in [0.4, 0.5) is 4.39 Å². The summed E-state index contributed by atoms with van der Waals surface area (Å²) in [4.78, 5) is 1.20. The van der Waals surface area contributed by atoms with Crippen LogP contribution in [0.3, 0.4) is 0 Å². The molecule has 2 aromatic carbocycles. The molecular formula is C15H16FNS. The minimum Gasteiger partial charge on any atom is -0.324 e. The highest BCUT2D eigenvalue weighted by molar-refractivity contribution is 7.98. The lowest BCUT2D eigenvalue weighted by molar-refractivity contribution is 0.625. The number of hydrogen-bond acceptors (Lipinski definition) is 2. The van der Waals surface area contributed by atoms with Crippen molar-refractivity contribution in [1.82, 2.24) is 0 Å². The highest BCUT2D eigenvalue weighted by Gasteiger charge is 2.10. The number of thioether (sulfide) groups is 1. The van der Waals surface area contributed by atoms with Crippen molar-refractivity contribution in [3.8, 4) is 0 Å². The average molecular weight is 261 g/mol. The Hall–Kier alpha value is -1.32. The molecule has 1 nitrogen and oxygen atoms in total. The van der Waals surface area contributed by atoms with Crippen LogP contribution in [-0.2, 0) is 6.42 Å². The normalized spacial score (nSPS) is 12.4. The van der Waals surface area contributed by atoms with Gasteiger partial charge in [0, 0.05) is 10.9 Å². The van der Waals surface area contributed by atoms with Gasteiger partial charge in [-0.05, 0) is 42.0 Å². The Bertz CT molecular complexity index is 510. The fourth-order valence-corrected chi connectivity index (χ4v) is 2.63. The van der Waals surface area contributed by atoms with E-state index in [1.54, 1.807) is 23.9 Å². The van der Waals surface area contributed by atoms with E-state index < -0.39 is 0 Å². The molecule has 0 spiro atoms. The largest absolute Gasteiger partial charge is 0.324 e. The van der Waals surface area contributed by atoms with Gasteiger partial charge in [0.2, 0.25) is 0 Å². The number of rotatable bonds is 4. The molecule has 0 aliphatic rings. The molecule has 2 aromatic rings. The number of halogens is 1. The van der Waals surface area contributed by atoms with E-state index in [4.69, 9.17) is 5.73 Å². The smallest absolute Gasteiger partial charge is 0.123 e. The van der Waals surface area contributed by atoms with Gasteiger partial charge < -0.3 is 5.73 Å². The second kappa shape index (κ2) is 6.03. The molecule has 18 heavy (non-hydrogen) atoms. The van der Waals surface area contributed by atoms with Gasteiger partial charge in [0.1, 0.15) is 5.82 Å². The van der Waals surface area contributed by atoms with Gasteiger partial charge >= 0.3 is 0 Å². The molecule has 0 aliphatic heterocycles. The molecule has 0 saturated heterocycles. The van der Waals surface area contributed by atoms with Gasteiger partial charge in [-0.15, -0.1) is 11.8 Å². The van der Waals surface area contributed by atoms with Crippen LogP contribution in [0.1, 0.15) is 17.2 Å². The summed E-state index contributed by atoms with van der Waals surface area (Å²) in [7, 11) is 0. The first-order valence-electron chi connectivity index (χ1n) is 5.83. The van der Waals surface area contributed by atoms with Crippen LogP contribution in [-0.4, -0.2) is 6.26 Å². The van der Waals surface area contributed by atoms with Crippen LogP contribution in [0.2, 0.25) is 0 Å². The van der Waals surface area contributed by atoms with Crippen molar-refractivity contribution in [3.63, 3.8) is 0 Å². The molecule has 0 aromatic heterocycles. The van der Waals surface area contributed by atoms with Crippen molar-refractivity contribution in [2.24, 2.45) is 5.73 Å². The maximum absolute atomic E-state index is 12.8. The van der Waals surface area contributed by atoms with E-state index in [0.717, 1.165) is 17.5 Å². The Kier molecular flexibility index (Phi) is 4.39. The minimum atomic E-state index is -0.211. The quantitative estimate of drug-likeness (QED) is 0.847. The van der Waals surface area contributed by atoms with Crippen molar-refractivity contribution in [1.29, 1.82) is 0 Å². The van der Waals surface area contributed by atoms with Crippen molar-refractivity contribution in [2.45, 2.75) is 17.4 Å². The Balaban J connectivity index is 2.16. The molecule has 3 heteroatoms. The first-order chi connectivity index (χ1) is 8.70. The SMILES string of the molecule is CSc1ccccc1C(N)Cc1ccc(F)cc1. The molecule has 2 N–H and O–H groups in total. The molecule has 0 bridgehead atoms. The summed E-state index contributed by atoms with van der Waals surface area (Å²) in [5.41, 5.74) is 8.44. The van der Waals surface area contributed by atoms with E-state index in [2.05, 4.69) is 12.1 Å². The maximum Gasteiger partial charge on any atom is 0.123 e. The van der Waals surface area contributed by atoms with Crippen molar-refractivity contribution in [3.05, 3.63) is 65.5 Å². The predicted octanol–water partition coefficient (Wildman–Crippen LogP) is 3.79. The zero-order valence-electron chi connectivity index (χ0n) is 10.3. The first-order valence-corrected chi connectivity index (χ1v) is 7.06. The maximum atomic E-state index is 12.8. The van der Waals surface area contributed by atoms with Crippen molar-refractivity contribution >= 4 is 11.8 Å². The van der Waals surface area contributed by atoms with E-state index in [9.17, 15) is 4.39 Å².